The SMILES string of the molecule is C=C(C)C(N)c1ccc(F)cc1F. The molecule has 0 heterocycles. The lowest BCUT2D eigenvalue weighted by atomic mass is 10.0. The molecule has 0 saturated carbocycles. The summed E-state index contributed by atoms with van der Waals surface area (Å²) in [6.45, 7) is 5.31. The number of nitrogens with two attached hydrogens (primary N) is 1. The minimum Gasteiger partial charge on any atom is -0.320 e. The van der Waals surface area contributed by atoms with Gasteiger partial charge in [0.05, 0.1) is 6.04 Å². The Morgan fingerprint density at radius 1 is 1.46 bits per heavy atom. The van der Waals surface area contributed by atoms with Gasteiger partial charge in [-0.05, 0) is 13.0 Å². The molecule has 70 valence electrons. The second kappa shape index (κ2) is 3.66. The maximum atomic E-state index is 13.1. The molecule has 1 aromatic carbocycles. The molecule has 1 unspecified atom stereocenters. The molecule has 0 fully saturated rings. The molecule has 0 saturated heterocycles. The van der Waals surface area contributed by atoms with Crippen LogP contribution >= 0.6 is 0 Å². The molecule has 13 heavy (non-hydrogen) atoms. The topological polar surface area (TPSA) is 26.0 Å². The first-order valence-corrected chi connectivity index (χ1v) is 3.88. The molecule has 0 aliphatic heterocycles. The highest BCUT2D eigenvalue weighted by Gasteiger charge is 2.11. The minimum atomic E-state index is -0.629. The van der Waals surface area contributed by atoms with Gasteiger partial charge in [0.2, 0.25) is 0 Å². The van der Waals surface area contributed by atoms with Crippen molar-refractivity contribution in [2.45, 2.75) is 13.0 Å². The van der Waals surface area contributed by atoms with E-state index in [-0.39, 0.29) is 5.56 Å². The lowest BCUT2D eigenvalue weighted by molar-refractivity contribution is 0.565. The summed E-state index contributed by atoms with van der Waals surface area (Å²) in [6, 6.07) is 2.77. The zero-order valence-corrected chi connectivity index (χ0v) is 7.35. The summed E-state index contributed by atoms with van der Waals surface area (Å²) in [6.07, 6.45) is 0. The van der Waals surface area contributed by atoms with Crippen molar-refractivity contribution < 1.29 is 8.78 Å². The van der Waals surface area contributed by atoms with Crippen molar-refractivity contribution in [3.8, 4) is 0 Å². The third-order valence-corrected chi connectivity index (χ3v) is 1.83. The largest absolute Gasteiger partial charge is 0.320 e. The fourth-order valence-electron chi connectivity index (χ4n) is 1.02. The molecule has 0 amide bonds. The Hall–Kier alpha value is -1.22. The highest BCUT2D eigenvalue weighted by atomic mass is 19.1. The monoisotopic (exact) mass is 183 g/mol. The number of hydrogen-bond donors (Lipinski definition) is 1. The smallest absolute Gasteiger partial charge is 0.131 e. The molecule has 1 atom stereocenters. The van der Waals surface area contributed by atoms with Crippen LogP contribution in [0.3, 0.4) is 0 Å². The molecule has 0 spiro atoms. The first-order chi connectivity index (χ1) is 6.02. The maximum Gasteiger partial charge on any atom is 0.131 e. The van der Waals surface area contributed by atoms with E-state index in [0.29, 0.717) is 5.57 Å². The van der Waals surface area contributed by atoms with Crippen molar-refractivity contribution in [1.82, 2.24) is 0 Å². The summed E-state index contributed by atoms with van der Waals surface area (Å²) >= 11 is 0. The summed E-state index contributed by atoms with van der Waals surface area (Å²) in [5.74, 6) is -1.23. The highest BCUT2D eigenvalue weighted by molar-refractivity contribution is 5.27. The second-order valence-electron chi connectivity index (χ2n) is 2.99. The van der Waals surface area contributed by atoms with Crippen molar-refractivity contribution >= 4 is 0 Å². The minimum absolute atomic E-state index is 0.272. The van der Waals surface area contributed by atoms with Crippen molar-refractivity contribution in [2.75, 3.05) is 0 Å². The molecular weight excluding hydrogens is 172 g/mol. The zero-order valence-electron chi connectivity index (χ0n) is 7.35. The van der Waals surface area contributed by atoms with Gasteiger partial charge in [-0.1, -0.05) is 18.2 Å². The molecular formula is C10H11F2N. The van der Waals surface area contributed by atoms with Gasteiger partial charge in [0.25, 0.3) is 0 Å². The van der Waals surface area contributed by atoms with Gasteiger partial charge < -0.3 is 5.73 Å². The van der Waals surface area contributed by atoms with E-state index in [1.54, 1.807) is 6.92 Å². The van der Waals surface area contributed by atoms with Gasteiger partial charge in [0.15, 0.2) is 0 Å². The van der Waals surface area contributed by atoms with Gasteiger partial charge in [-0.15, -0.1) is 0 Å². The first-order valence-electron chi connectivity index (χ1n) is 3.88. The summed E-state index contributed by atoms with van der Waals surface area (Å²) < 4.78 is 25.6. The van der Waals surface area contributed by atoms with E-state index in [9.17, 15) is 8.78 Å². The molecule has 1 nitrogen and oxygen atoms in total. The Morgan fingerprint density at radius 3 is 2.54 bits per heavy atom. The normalized spacial score (nSPS) is 12.6. The summed E-state index contributed by atoms with van der Waals surface area (Å²) in [5, 5.41) is 0. The van der Waals surface area contributed by atoms with Crippen LogP contribution in [0.2, 0.25) is 0 Å². The fourth-order valence-corrected chi connectivity index (χ4v) is 1.02. The number of benzene rings is 1. The van der Waals surface area contributed by atoms with E-state index in [0.717, 1.165) is 6.07 Å². The van der Waals surface area contributed by atoms with E-state index in [4.69, 9.17) is 5.73 Å². The van der Waals surface area contributed by atoms with Crippen molar-refractivity contribution in [3.05, 3.63) is 47.5 Å². The van der Waals surface area contributed by atoms with Crippen LogP contribution in [-0.2, 0) is 0 Å². The lowest BCUT2D eigenvalue weighted by Gasteiger charge is -2.12. The molecule has 2 N–H and O–H groups in total. The number of halogens is 2. The van der Waals surface area contributed by atoms with Gasteiger partial charge in [-0.2, -0.15) is 0 Å². The predicted molar refractivity (Wildman–Crippen MR) is 48.1 cm³/mol. The Bertz CT molecular complexity index is 334. The van der Waals surface area contributed by atoms with Gasteiger partial charge in [0.1, 0.15) is 11.6 Å². The molecule has 0 aliphatic rings. The van der Waals surface area contributed by atoms with Crippen molar-refractivity contribution in [3.63, 3.8) is 0 Å². The molecule has 1 aromatic rings. The van der Waals surface area contributed by atoms with E-state index < -0.39 is 17.7 Å². The fraction of sp³-hybridized carbons (Fsp3) is 0.200. The Balaban J connectivity index is 3.08. The average Bonchev–Trinajstić information content (AvgIpc) is 2.03. The van der Waals surface area contributed by atoms with Crippen LogP contribution in [0.1, 0.15) is 18.5 Å². The third kappa shape index (κ3) is 2.12. The molecule has 0 radical (unpaired) electrons. The zero-order chi connectivity index (χ0) is 10.0. The number of rotatable bonds is 2. The van der Waals surface area contributed by atoms with Crippen LogP contribution in [0.25, 0.3) is 0 Å². The number of hydrogen-bond acceptors (Lipinski definition) is 1. The van der Waals surface area contributed by atoms with E-state index in [2.05, 4.69) is 6.58 Å². The molecule has 3 heteroatoms. The van der Waals surface area contributed by atoms with Crippen LogP contribution in [-0.4, -0.2) is 0 Å². The molecule has 0 aromatic heterocycles. The van der Waals surface area contributed by atoms with Gasteiger partial charge in [0, 0.05) is 11.6 Å². The maximum absolute atomic E-state index is 13.1. The predicted octanol–water partition coefficient (Wildman–Crippen LogP) is 2.54. The second-order valence-corrected chi connectivity index (χ2v) is 2.99. The van der Waals surface area contributed by atoms with Gasteiger partial charge in [-0.3, -0.25) is 0 Å². The molecule has 1 rings (SSSR count). The van der Waals surface area contributed by atoms with E-state index in [1.807, 2.05) is 0 Å². The molecule has 0 aliphatic carbocycles. The first kappa shape index (κ1) is 9.86. The van der Waals surface area contributed by atoms with Crippen LogP contribution < -0.4 is 5.73 Å². The van der Waals surface area contributed by atoms with E-state index >= 15 is 0 Å². The molecule has 0 bridgehead atoms. The van der Waals surface area contributed by atoms with Crippen LogP contribution in [0.4, 0.5) is 8.78 Å². The van der Waals surface area contributed by atoms with Crippen molar-refractivity contribution in [2.24, 2.45) is 5.73 Å². The van der Waals surface area contributed by atoms with Crippen LogP contribution in [0, 0.1) is 11.6 Å². The van der Waals surface area contributed by atoms with Crippen LogP contribution in [0.5, 0.6) is 0 Å². The van der Waals surface area contributed by atoms with E-state index in [1.165, 1.54) is 12.1 Å². The Labute approximate surface area is 75.9 Å². The highest BCUT2D eigenvalue weighted by Crippen LogP contribution is 2.20. The third-order valence-electron chi connectivity index (χ3n) is 1.83. The quantitative estimate of drug-likeness (QED) is 0.700. The van der Waals surface area contributed by atoms with Gasteiger partial charge in [-0.25, -0.2) is 8.78 Å². The van der Waals surface area contributed by atoms with Gasteiger partial charge >= 0.3 is 0 Å². The summed E-state index contributed by atoms with van der Waals surface area (Å²) in [7, 11) is 0. The Kier molecular flexibility index (Phi) is 2.78. The average molecular weight is 183 g/mol. The van der Waals surface area contributed by atoms with Crippen molar-refractivity contribution in [1.29, 1.82) is 0 Å². The summed E-state index contributed by atoms with van der Waals surface area (Å²) in [5.41, 5.74) is 6.54. The van der Waals surface area contributed by atoms with Crippen LogP contribution in [0.15, 0.2) is 30.4 Å². The standard InChI is InChI=1S/C10H11F2N/c1-6(2)10(13)8-4-3-7(11)5-9(8)12/h3-5,10H,1,13H2,2H3. The summed E-state index contributed by atoms with van der Waals surface area (Å²) in [4.78, 5) is 0. The lowest BCUT2D eigenvalue weighted by Crippen LogP contribution is -2.12. The Morgan fingerprint density at radius 2 is 2.08 bits per heavy atom.